The number of esters is 1. The summed E-state index contributed by atoms with van der Waals surface area (Å²) in [7, 11) is 0. The summed E-state index contributed by atoms with van der Waals surface area (Å²) in [4.78, 5) is 62.1. The Balaban J connectivity index is 1.53. The molecule has 4 heterocycles. The molecule has 0 aliphatic carbocycles. The third kappa shape index (κ3) is 6.68. The molecule has 218 valence electrons. The summed E-state index contributed by atoms with van der Waals surface area (Å²) < 4.78 is 7.15. The first-order valence-electron chi connectivity index (χ1n) is 12.5. The van der Waals surface area contributed by atoms with Gasteiger partial charge >= 0.3 is 5.97 Å². The maximum Gasteiger partial charge on any atom is 0.353 e. The largest absolute Gasteiger partial charge is 0.548 e. The predicted octanol–water partition coefficient (Wildman–Crippen LogP) is -0.0437. The summed E-state index contributed by atoms with van der Waals surface area (Å²) in [6.07, 6.45) is 4.88. The van der Waals surface area contributed by atoms with E-state index in [1.165, 1.54) is 36.7 Å². The maximum atomic E-state index is 13.4. The van der Waals surface area contributed by atoms with Crippen molar-refractivity contribution in [1.29, 1.82) is 0 Å². The van der Waals surface area contributed by atoms with E-state index in [4.69, 9.17) is 15.3 Å². The van der Waals surface area contributed by atoms with Crippen molar-refractivity contribution in [2.45, 2.75) is 69.8 Å². The Labute approximate surface area is 244 Å². The number of oxime groups is 1. The number of aromatic nitrogens is 2. The number of thiazole rings is 1. The summed E-state index contributed by atoms with van der Waals surface area (Å²) in [6.45, 7) is 8.23. The van der Waals surface area contributed by atoms with Crippen LogP contribution in [0.4, 0.5) is 5.13 Å². The van der Waals surface area contributed by atoms with E-state index in [-0.39, 0.29) is 22.3 Å². The van der Waals surface area contributed by atoms with Crippen molar-refractivity contribution in [3.8, 4) is 0 Å². The Bertz CT molecular complexity index is 1420. The van der Waals surface area contributed by atoms with Crippen LogP contribution in [0.15, 0.2) is 52.9 Å². The van der Waals surface area contributed by atoms with Crippen LogP contribution in [-0.2, 0) is 35.3 Å². The van der Waals surface area contributed by atoms with Crippen LogP contribution in [0.5, 0.6) is 0 Å². The van der Waals surface area contributed by atoms with Gasteiger partial charge in [-0.25, -0.2) is 14.3 Å². The van der Waals surface area contributed by atoms with Crippen molar-refractivity contribution in [2.75, 3.05) is 5.73 Å². The summed E-state index contributed by atoms with van der Waals surface area (Å²) in [5.41, 5.74) is 3.62. The number of amides is 2. The van der Waals surface area contributed by atoms with E-state index in [1.807, 2.05) is 18.2 Å². The SMILES string of the molecule is CC(C)(C)OC(=O)C(C)(C)O/N=C(/C(=O)N[C@@H]1C(=O)N2C(C(=O)[O-])C(C[n+]3ccccc3)=CS[C@H]12)c1cnc(N)s1. The van der Waals surface area contributed by atoms with Crippen molar-refractivity contribution in [2.24, 2.45) is 5.16 Å². The smallest absolute Gasteiger partial charge is 0.353 e. The topological polar surface area (TPSA) is 180 Å². The van der Waals surface area contributed by atoms with Crippen LogP contribution in [-0.4, -0.2) is 68.0 Å². The molecule has 0 saturated carbocycles. The number of nitrogen functional groups attached to an aromatic ring is 1. The van der Waals surface area contributed by atoms with Crippen LogP contribution >= 0.6 is 23.1 Å². The number of nitrogens with zero attached hydrogens (tertiary/aromatic N) is 4. The van der Waals surface area contributed by atoms with Crippen molar-refractivity contribution < 1.29 is 38.4 Å². The fourth-order valence-electron chi connectivity index (χ4n) is 3.98. The zero-order valence-corrected chi connectivity index (χ0v) is 24.7. The number of hydrogen-bond acceptors (Lipinski definition) is 12. The van der Waals surface area contributed by atoms with Crippen molar-refractivity contribution in [3.05, 3.63) is 52.6 Å². The quantitative estimate of drug-likeness (QED) is 0.130. The third-order valence-electron chi connectivity index (χ3n) is 5.95. The summed E-state index contributed by atoms with van der Waals surface area (Å²) in [5.74, 6) is -3.51. The molecule has 2 aromatic heterocycles. The standard InChI is InChI=1S/C26H30N6O7S2/c1-25(2,3)38-23(37)26(4,5)39-30-16(15-11-28-24(27)41-15)19(33)29-17-20(34)32-18(22(35)36)14(13-40-21(17)32)12-31-9-7-6-8-10-31/h6-11,13,17-18,21H,12H2,1-5H3,(H3-,27,28,29,30,33,35,36)/t17-,18?,21-/m1/s1. The number of aliphatic carboxylic acids is 1. The molecule has 0 spiro atoms. The zero-order chi connectivity index (χ0) is 30.1. The lowest BCUT2D eigenvalue weighted by molar-refractivity contribution is -0.689. The van der Waals surface area contributed by atoms with Gasteiger partial charge in [-0.15, -0.1) is 11.8 Å². The molecule has 1 saturated heterocycles. The van der Waals surface area contributed by atoms with Crippen molar-refractivity contribution in [1.82, 2.24) is 15.2 Å². The van der Waals surface area contributed by atoms with Gasteiger partial charge in [0.25, 0.3) is 5.91 Å². The molecule has 3 atom stereocenters. The monoisotopic (exact) mass is 602 g/mol. The number of carbonyl (C=O) groups excluding carboxylic acids is 4. The second-order valence-corrected chi connectivity index (χ2v) is 12.8. The van der Waals surface area contributed by atoms with E-state index in [9.17, 15) is 24.3 Å². The van der Waals surface area contributed by atoms with Gasteiger partial charge in [-0.3, -0.25) is 9.59 Å². The molecule has 4 rings (SSSR count). The number of carboxylic acid groups (broad SMARTS) is 1. The molecule has 2 aliphatic heterocycles. The second kappa shape index (κ2) is 11.5. The molecule has 41 heavy (non-hydrogen) atoms. The molecular formula is C26H30N6O7S2. The lowest BCUT2D eigenvalue weighted by Crippen LogP contribution is -2.75. The summed E-state index contributed by atoms with van der Waals surface area (Å²) in [5, 5.41) is 19.8. The first-order chi connectivity index (χ1) is 19.2. The van der Waals surface area contributed by atoms with Gasteiger partial charge in [0.05, 0.1) is 10.8 Å². The highest BCUT2D eigenvalue weighted by Crippen LogP contribution is 2.40. The molecule has 2 amide bonds. The molecule has 1 fully saturated rings. The molecule has 15 heteroatoms. The number of anilines is 1. The number of carbonyl (C=O) groups is 4. The Morgan fingerprint density at radius 2 is 1.88 bits per heavy atom. The lowest BCUT2D eigenvalue weighted by Gasteiger charge is -2.52. The minimum atomic E-state index is -1.56. The number of pyridine rings is 1. The number of rotatable bonds is 9. The molecule has 2 aromatic rings. The third-order valence-corrected chi connectivity index (χ3v) is 8.00. The highest BCUT2D eigenvalue weighted by molar-refractivity contribution is 8.02. The number of nitrogens with one attached hydrogen (secondary N) is 1. The molecule has 1 unspecified atom stereocenters. The lowest BCUT2D eigenvalue weighted by atomic mass is 9.97. The average Bonchev–Trinajstić information content (AvgIpc) is 3.32. The molecule has 0 bridgehead atoms. The first-order valence-corrected chi connectivity index (χ1v) is 14.3. The van der Waals surface area contributed by atoms with Crippen LogP contribution < -0.4 is 20.7 Å². The highest BCUT2D eigenvalue weighted by atomic mass is 32.2. The molecular weight excluding hydrogens is 572 g/mol. The molecule has 0 aromatic carbocycles. The van der Waals surface area contributed by atoms with Crippen LogP contribution in [0, 0.1) is 0 Å². The van der Waals surface area contributed by atoms with E-state index < -0.39 is 52.4 Å². The normalized spacial score (nSPS) is 20.9. The number of hydrogen-bond donors (Lipinski definition) is 2. The Morgan fingerprint density at radius 3 is 2.46 bits per heavy atom. The predicted molar refractivity (Wildman–Crippen MR) is 148 cm³/mol. The number of ether oxygens (including phenoxy) is 1. The molecule has 3 N–H and O–H groups in total. The van der Waals surface area contributed by atoms with Crippen LogP contribution in [0.2, 0.25) is 0 Å². The number of nitrogens with two attached hydrogens (primary N) is 1. The summed E-state index contributed by atoms with van der Waals surface area (Å²) >= 11 is 2.17. The van der Waals surface area contributed by atoms with Gasteiger partial charge in [0.15, 0.2) is 29.8 Å². The number of β-lactam (4-membered cyclic amide) rings is 1. The minimum Gasteiger partial charge on any atom is -0.548 e. The zero-order valence-electron chi connectivity index (χ0n) is 23.0. The first kappa shape index (κ1) is 30.0. The van der Waals surface area contributed by atoms with Crippen molar-refractivity contribution in [3.63, 3.8) is 0 Å². The van der Waals surface area contributed by atoms with Crippen molar-refractivity contribution >= 4 is 57.7 Å². The fraction of sp³-hybridized carbons (Fsp3) is 0.423. The molecule has 2 aliphatic rings. The number of thioether (sulfide) groups is 1. The van der Waals surface area contributed by atoms with E-state index >= 15 is 0 Å². The average molecular weight is 603 g/mol. The molecule has 0 radical (unpaired) electrons. The maximum absolute atomic E-state index is 13.4. The second-order valence-electron chi connectivity index (χ2n) is 10.8. The molecule has 13 nitrogen and oxygen atoms in total. The number of carboxylic acids is 1. The summed E-state index contributed by atoms with van der Waals surface area (Å²) in [6, 6.07) is 3.11. The van der Waals surface area contributed by atoms with E-state index in [0.29, 0.717) is 5.57 Å². The van der Waals surface area contributed by atoms with Gasteiger partial charge in [-0.05, 0) is 40.0 Å². The Kier molecular flexibility index (Phi) is 8.40. The van der Waals surface area contributed by atoms with Gasteiger partial charge in [0.2, 0.25) is 11.5 Å². The van der Waals surface area contributed by atoms with E-state index in [1.54, 1.807) is 43.1 Å². The van der Waals surface area contributed by atoms with Gasteiger partial charge < -0.3 is 35.4 Å². The Hall–Kier alpha value is -3.98. The van der Waals surface area contributed by atoms with Crippen LogP contribution in [0.1, 0.15) is 39.5 Å². The van der Waals surface area contributed by atoms with Gasteiger partial charge in [-0.2, -0.15) is 0 Å². The Morgan fingerprint density at radius 1 is 1.20 bits per heavy atom. The van der Waals surface area contributed by atoms with Crippen LogP contribution in [0.3, 0.4) is 0 Å². The van der Waals surface area contributed by atoms with Gasteiger partial charge in [0, 0.05) is 23.9 Å². The van der Waals surface area contributed by atoms with Gasteiger partial charge in [0.1, 0.15) is 23.1 Å². The highest BCUT2D eigenvalue weighted by Gasteiger charge is 2.55. The van der Waals surface area contributed by atoms with E-state index in [2.05, 4.69) is 15.5 Å². The van der Waals surface area contributed by atoms with Crippen LogP contribution in [0.25, 0.3) is 0 Å². The van der Waals surface area contributed by atoms with E-state index in [0.717, 1.165) is 11.3 Å². The van der Waals surface area contributed by atoms with Gasteiger partial charge in [-0.1, -0.05) is 22.6 Å². The minimum absolute atomic E-state index is 0.159. The number of fused-ring (bicyclic) bond motifs is 1. The fourth-order valence-corrected chi connectivity index (χ4v) is 5.86.